The van der Waals surface area contributed by atoms with E-state index >= 15 is 0 Å². The number of carbonyl (C=O) groups is 1. The summed E-state index contributed by atoms with van der Waals surface area (Å²) in [6, 6.07) is 23.2. The molecule has 0 spiro atoms. The van der Waals surface area contributed by atoms with Gasteiger partial charge in [-0.3, -0.25) is 0 Å². The summed E-state index contributed by atoms with van der Waals surface area (Å²) in [6.07, 6.45) is 0. The summed E-state index contributed by atoms with van der Waals surface area (Å²) in [5, 5.41) is 13.8. The lowest BCUT2D eigenvalue weighted by Crippen LogP contribution is -2.29. The van der Waals surface area contributed by atoms with Gasteiger partial charge in [-0.2, -0.15) is 0 Å². The molecular weight excluding hydrogens is 426 g/mol. The smallest absolute Gasteiger partial charge is 0.336 e. The van der Waals surface area contributed by atoms with Gasteiger partial charge in [0.25, 0.3) is 0 Å². The molecule has 0 atom stereocenters. The van der Waals surface area contributed by atoms with E-state index in [2.05, 4.69) is 30.6 Å². The molecule has 0 aromatic heterocycles. The molecule has 0 fully saturated rings. The van der Waals surface area contributed by atoms with E-state index in [-0.39, 0.29) is 5.56 Å². The topological polar surface area (TPSA) is 62.7 Å². The zero-order valence-corrected chi connectivity index (χ0v) is 19.5. The van der Waals surface area contributed by atoms with E-state index in [1.165, 1.54) is 0 Å². The van der Waals surface area contributed by atoms with E-state index in [0.29, 0.717) is 5.56 Å². The van der Waals surface area contributed by atoms with Crippen LogP contribution in [-0.4, -0.2) is 31.3 Å². The Morgan fingerprint density at radius 1 is 0.912 bits per heavy atom. The van der Waals surface area contributed by atoms with E-state index in [0.717, 1.165) is 62.8 Å². The first kappa shape index (κ1) is 21.7. The number of ether oxygens (including phenoxy) is 1. The van der Waals surface area contributed by atoms with E-state index in [4.69, 9.17) is 9.15 Å². The summed E-state index contributed by atoms with van der Waals surface area (Å²) >= 11 is 0. The van der Waals surface area contributed by atoms with Crippen LogP contribution in [-0.2, 0) is 0 Å². The Balaban J connectivity index is 1.98. The van der Waals surface area contributed by atoms with Crippen molar-refractivity contribution in [1.82, 2.24) is 4.58 Å². The van der Waals surface area contributed by atoms with Crippen LogP contribution in [0.3, 0.4) is 0 Å². The van der Waals surface area contributed by atoms with Crippen molar-refractivity contribution in [1.29, 1.82) is 0 Å². The molecule has 0 amide bonds. The van der Waals surface area contributed by atoms with Crippen molar-refractivity contribution in [3.63, 3.8) is 0 Å². The molecule has 3 aromatic rings. The Hall–Kier alpha value is -4.12. The molecule has 0 saturated carbocycles. The monoisotopic (exact) mass is 452 g/mol. The first-order chi connectivity index (χ1) is 16.5. The molecule has 0 bridgehead atoms. The van der Waals surface area contributed by atoms with Crippen molar-refractivity contribution in [2.24, 2.45) is 0 Å². The molecule has 0 unspecified atom stereocenters. The van der Waals surface area contributed by atoms with Crippen molar-refractivity contribution in [2.75, 3.05) is 20.2 Å². The molecule has 5 nitrogen and oxygen atoms in total. The van der Waals surface area contributed by atoms with Gasteiger partial charge in [0.2, 0.25) is 5.36 Å². The van der Waals surface area contributed by atoms with Gasteiger partial charge in [-0.25, -0.2) is 9.37 Å². The number of methoxy groups -OCH3 is 1. The van der Waals surface area contributed by atoms with Crippen LogP contribution in [0.15, 0.2) is 77.2 Å². The average Bonchev–Trinajstić information content (AvgIpc) is 2.87. The maximum absolute atomic E-state index is 12.1. The number of hydrogen-bond donors (Lipinski definition) is 1. The van der Waals surface area contributed by atoms with Gasteiger partial charge in [0.15, 0.2) is 0 Å². The van der Waals surface area contributed by atoms with Crippen molar-refractivity contribution < 1.29 is 19.1 Å². The summed E-state index contributed by atoms with van der Waals surface area (Å²) < 4.78 is 14.2. The Kier molecular flexibility index (Phi) is 5.54. The van der Waals surface area contributed by atoms with Gasteiger partial charge in [-0.1, -0.05) is 24.3 Å². The van der Waals surface area contributed by atoms with Crippen molar-refractivity contribution >= 4 is 27.7 Å². The number of carboxylic acid groups (broad SMARTS) is 1. The molecule has 3 aromatic carbocycles. The van der Waals surface area contributed by atoms with Crippen LogP contribution in [0.4, 0.5) is 0 Å². The van der Waals surface area contributed by atoms with Crippen LogP contribution < -0.4 is 14.7 Å². The van der Waals surface area contributed by atoms with Crippen molar-refractivity contribution in [2.45, 2.75) is 13.8 Å². The summed E-state index contributed by atoms with van der Waals surface area (Å²) in [4.78, 5) is 12.1. The van der Waals surface area contributed by atoms with Gasteiger partial charge in [-0.15, -0.1) is 0 Å². The third kappa shape index (κ3) is 3.50. The second kappa shape index (κ2) is 8.67. The molecule has 0 saturated heterocycles. The molecule has 2 aliphatic rings. The summed E-state index contributed by atoms with van der Waals surface area (Å²) in [6.45, 7) is 6.02. The van der Waals surface area contributed by atoms with Crippen LogP contribution in [0.2, 0.25) is 0 Å². The molecule has 1 aliphatic carbocycles. The molecule has 1 N–H and O–H groups in total. The Labute approximate surface area is 197 Å². The van der Waals surface area contributed by atoms with Crippen LogP contribution in [0.5, 0.6) is 5.75 Å². The van der Waals surface area contributed by atoms with Gasteiger partial charge >= 0.3 is 5.97 Å². The van der Waals surface area contributed by atoms with E-state index in [9.17, 15) is 9.90 Å². The van der Waals surface area contributed by atoms with Gasteiger partial charge in [0, 0.05) is 28.0 Å². The normalized spacial score (nSPS) is 11.3. The van der Waals surface area contributed by atoms with Gasteiger partial charge in [-0.05, 0) is 61.2 Å². The standard InChI is InChI=1S/C29H25NO4/c1-4-30(5-2)19-11-14-24-26(17-19)34-28-21-15-12-20(33-3)16-18(21)10-13-25(28)27(24)22-8-6-7-9-23(22)29(31)32/h6-17H,4-5H2,1-3H3/p+1. The highest BCUT2D eigenvalue weighted by molar-refractivity contribution is 6.14. The minimum Gasteiger partial charge on any atom is -0.497 e. The highest BCUT2D eigenvalue weighted by Gasteiger charge is 2.23. The second-order valence-corrected chi connectivity index (χ2v) is 8.21. The molecular formula is C29H26NO4+. The zero-order chi connectivity index (χ0) is 23.8. The number of aromatic carboxylic acids is 1. The number of benzene rings is 4. The summed E-state index contributed by atoms with van der Waals surface area (Å²) in [5.74, 6) is 0.534. The average molecular weight is 453 g/mol. The minimum atomic E-state index is -0.956. The number of fused-ring (bicyclic) bond motifs is 4. The lowest BCUT2D eigenvalue weighted by Gasteiger charge is -2.18. The lowest BCUT2D eigenvalue weighted by molar-refractivity contribution is 0.0697. The second-order valence-electron chi connectivity index (χ2n) is 8.21. The van der Waals surface area contributed by atoms with Gasteiger partial charge in [0.1, 0.15) is 30.2 Å². The molecule has 0 radical (unpaired) electrons. The summed E-state index contributed by atoms with van der Waals surface area (Å²) in [7, 11) is 1.65. The molecule has 34 heavy (non-hydrogen) atoms. The van der Waals surface area contributed by atoms with Crippen molar-refractivity contribution in [3.05, 3.63) is 83.7 Å². The predicted molar refractivity (Wildman–Crippen MR) is 136 cm³/mol. The number of nitrogens with zero attached hydrogens (tertiary/aromatic N) is 1. The quantitative estimate of drug-likeness (QED) is 0.206. The third-order valence-corrected chi connectivity index (χ3v) is 6.45. The minimum absolute atomic E-state index is 0.263. The SMILES string of the molecule is CC[N+](CC)=c1ccc2c(-c3ccccc3C(=O)O)c3ccc4cc(OC)ccc4c3oc-2c1. The third-order valence-electron chi connectivity index (χ3n) is 6.45. The maximum Gasteiger partial charge on any atom is 0.336 e. The first-order valence-electron chi connectivity index (χ1n) is 11.4. The van der Waals surface area contributed by atoms with Crippen LogP contribution in [0.1, 0.15) is 24.2 Å². The van der Waals surface area contributed by atoms with Crippen LogP contribution in [0.25, 0.3) is 44.2 Å². The fraction of sp³-hybridized carbons (Fsp3) is 0.172. The van der Waals surface area contributed by atoms with E-state index in [1.54, 1.807) is 19.2 Å². The molecule has 1 heterocycles. The zero-order valence-electron chi connectivity index (χ0n) is 19.5. The fourth-order valence-electron chi connectivity index (χ4n) is 4.73. The lowest BCUT2D eigenvalue weighted by atomic mass is 9.90. The Morgan fingerprint density at radius 2 is 1.68 bits per heavy atom. The molecule has 170 valence electrons. The van der Waals surface area contributed by atoms with E-state index in [1.807, 2.05) is 48.5 Å². The Bertz CT molecular complexity index is 1590. The number of rotatable bonds is 5. The maximum atomic E-state index is 12.1. The fourth-order valence-corrected chi connectivity index (χ4v) is 4.73. The molecule has 1 aliphatic heterocycles. The molecule has 5 rings (SSSR count). The first-order valence-corrected chi connectivity index (χ1v) is 11.4. The Morgan fingerprint density at radius 3 is 2.41 bits per heavy atom. The molecule has 5 heteroatoms. The summed E-state index contributed by atoms with van der Waals surface area (Å²) in [5.41, 5.74) is 3.39. The van der Waals surface area contributed by atoms with Gasteiger partial charge in [0.05, 0.1) is 18.7 Å². The highest BCUT2D eigenvalue weighted by atomic mass is 16.5. The number of carboxylic acids is 1. The number of hydrogen-bond acceptors (Lipinski definition) is 3. The highest BCUT2D eigenvalue weighted by Crippen LogP contribution is 2.43. The van der Waals surface area contributed by atoms with E-state index < -0.39 is 5.97 Å². The van der Waals surface area contributed by atoms with Crippen LogP contribution >= 0.6 is 0 Å². The largest absolute Gasteiger partial charge is 0.497 e. The van der Waals surface area contributed by atoms with Gasteiger partial charge < -0.3 is 14.3 Å². The van der Waals surface area contributed by atoms with Crippen LogP contribution in [0, 0.1) is 0 Å². The van der Waals surface area contributed by atoms with Crippen molar-refractivity contribution in [3.8, 4) is 28.2 Å². The predicted octanol–water partition coefficient (Wildman–Crippen LogP) is 5.88.